The van der Waals surface area contributed by atoms with Crippen molar-refractivity contribution >= 4 is 22.9 Å². The van der Waals surface area contributed by atoms with Crippen molar-refractivity contribution in [2.75, 3.05) is 11.4 Å². The Bertz CT molecular complexity index is 926. The summed E-state index contributed by atoms with van der Waals surface area (Å²) in [6, 6.07) is 5.85. The maximum atomic E-state index is 13.0. The fourth-order valence-electron chi connectivity index (χ4n) is 2.78. The van der Waals surface area contributed by atoms with E-state index in [0.717, 1.165) is 17.0 Å². The lowest BCUT2D eigenvalue weighted by atomic mass is 10.1. The fraction of sp³-hybridized carbons (Fsp3) is 0.222. The molecule has 0 unspecified atom stereocenters. The van der Waals surface area contributed by atoms with Crippen LogP contribution in [0.2, 0.25) is 0 Å². The van der Waals surface area contributed by atoms with Crippen LogP contribution < -0.4 is 9.64 Å². The summed E-state index contributed by atoms with van der Waals surface area (Å²) >= 11 is 1.39. The van der Waals surface area contributed by atoms with Gasteiger partial charge in [-0.2, -0.15) is 0 Å². The molecule has 1 atom stereocenters. The Hall–Kier alpha value is -2.80. The molecule has 7 heteroatoms. The largest absolute Gasteiger partial charge is 0.487 e. The molecule has 0 saturated carbocycles. The number of hydrogen-bond acceptors (Lipinski definition) is 6. The average molecular weight is 352 g/mol. The molecule has 1 aromatic carbocycles. The van der Waals surface area contributed by atoms with Gasteiger partial charge in [-0.25, -0.2) is 4.98 Å². The number of aryl methyl sites for hydroxylation is 1. The number of fused-ring (bicyclic) bond motifs is 1. The van der Waals surface area contributed by atoms with Gasteiger partial charge in [0.05, 0.1) is 18.4 Å². The Kier molecular flexibility index (Phi) is 3.93. The molecule has 0 radical (unpaired) electrons. The van der Waals surface area contributed by atoms with E-state index in [4.69, 9.17) is 4.74 Å². The van der Waals surface area contributed by atoms with Gasteiger partial charge in [-0.15, -0.1) is 11.3 Å². The molecular formula is C18H16N4O2S. The summed E-state index contributed by atoms with van der Waals surface area (Å²) in [6.07, 6.45) is 4.79. The molecule has 4 rings (SSSR count). The summed E-state index contributed by atoms with van der Waals surface area (Å²) in [7, 11) is 0. The lowest BCUT2D eigenvalue weighted by molar-refractivity contribution is 0.0957. The van der Waals surface area contributed by atoms with E-state index in [0.29, 0.717) is 22.9 Å². The minimum atomic E-state index is -0.133. The Morgan fingerprint density at radius 1 is 1.36 bits per heavy atom. The third-order valence-corrected chi connectivity index (χ3v) is 4.79. The van der Waals surface area contributed by atoms with Crippen molar-refractivity contribution in [2.24, 2.45) is 0 Å². The highest BCUT2D eigenvalue weighted by molar-refractivity contribution is 7.13. The molecule has 6 nitrogen and oxygen atoms in total. The van der Waals surface area contributed by atoms with Crippen molar-refractivity contribution in [2.45, 2.75) is 20.0 Å². The summed E-state index contributed by atoms with van der Waals surface area (Å²) in [6.45, 7) is 4.45. The Morgan fingerprint density at radius 2 is 2.24 bits per heavy atom. The molecule has 0 spiro atoms. The second-order valence-electron chi connectivity index (χ2n) is 5.94. The van der Waals surface area contributed by atoms with E-state index < -0.39 is 0 Å². The molecule has 25 heavy (non-hydrogen) atoms. The number of thiazole rings is 1. The smallest absolute Gasteiger partial charge is 0.278 e. The van der Waals surface area contributed by atoms with E-state index in [2.05, 4.69) is 15.0 Å². The zero-order chi connectivity index (χ0) is 17.4. The minimum Gasteiger partial charge on any atom is -0.487 e. The van der Waals surface area contributed by atoms with Crippen LogP contribution in [0.1, 0.15) is 23.0 Å². The first-order valence-corrected chi connectivity index (χ1v) is 8.81. The first-order chi connectivity index (χ1) is 12.1. The zero-order valence-electron chi connectivity index (χ0n) is 13.8. The van der Waals surface area contributed by atoms with Crippen molar-refractivity contribution in [3.05, 3.63) is 53.4 Å². The van der Waals surface area contributed by atoms with Gasteiger partial charge in [0.15, 0.2) is 0 Å². The number of aromatic nitrogens is 3. The summed E-state index contributed by atoms with van der Waals surface area (Å²) < 4.78 is 5.87. The first kappa shape index (κ1) is 15.7. The highest BCUT2D eigenvalue weighted by atomic mass is 32.1. The van der Waals surface area contributed by atoms with Crippen LogP contribution in [0.25, 0.3) is 10.7 Å². The van der Waals surface area contributed by atoms with Crippen LogP contribution in [0.3, 0.4) is 0 Å². The summed E-state index contributed by atoms with van der Waals surface area (Å²) in [5.41, 5.74) is 2.95. The minimum absolute atomic E-state index is 0.0728. The lowest BCUT2D eigenvalue weighted by Crippen LogP contribution is -2.42. The van der Waals surface area contributed by atoms with E-state index >= 15 is 0 Å². The van der Waals surface area contributed by atoms with E-state index in [1.54, 1.807) is 28.9 Å². The number of rotatable bonds is 2. The van der Waals surface area contributed by atoms with Gasteiger partial charge in [-0.3, -0.25) is 19.7 Å². The maximum absolute atomic E-state index is 13.0. The monoisotopic (exact) mass is 352 g/mol. The first-order valence-electron chi connectivity index (χ1n) is 7.93. The maximum Gasteiger partial charge on any atom is 0.278 e. The molecule has 3 heterocycles. The van der Waals surface area contributed by atoms with E-state index in [1.807, 2.05) is 32.0 Å². The number of nitrogens with zero attached hydrogens (tertiary/aromatic N) is 4. The third kappa shape index (κ3) is 2.98. The fourth-order valence-corrected chi connectivity index (χ4v) is 3.53. The van der Waals surface area contributed by atoms with Crippen molar-refractivity contribution in [1.29, 1.82) is 0 Å². The number of amides is 1. The molecular weight excluding hydrogens is 336 g/mol. The van der Waals surface area contributed by atoms with E-state index in [1.165, 1.54) is 11.3 Å². The van der Waals surface area contributed by atoms with Gasteiger partial charge in [0, 0.05) is 17.8 Å². The Labute approximate surface area is 149 Å². The number of ether oxygens (including phenoxy) is 1. The highest BCUT2D eigenvalue weighted by Gasteiger charge is 2.29. The van der Waals surface area contributed by atoms with Crippen molar-refractivity contribution in [1.82, 2.24) is 15.0 Å². The molecule has 126 valence electrons. The SMILES string of the molecule is Cc1ccc2c(c1)O[C@@H](C)CN2C(=O)c1csc(-c2cnccn2)n1. The molecule has 3 aromatic rings. The molecule has 2 aromatic heterocycles. The summed E-state index contributed by atoms with van der Waals surface area (Å²) in [5.74, 6) is 0.600. The van der Waals surface area contributed by atoms with Gasteiger partial charge in [0.2, 0.25) is 0 Å². The standard InChI is InChI=1S/C18H16N4O2S/c1-11-3-4-15-16(7-11)24-12(2)9-22(15)18(23)14-10-25-17(21-14)13-8-19-5-6-20-13/h3-8,10,12H,9H2,1-2H3/t12-/m0/s1. The Balaban J connectivity index is 1.67. The topological polar surface area (TPSA) is 68.2 Å². The van der Waals surface area contributed by atoms with Gasteiger partial charge in [-0.1, -0.05) is 6.07 Å². The molecule has 0 bridgehead atoms. The molecule has 1 amide bonds. The van der Waals surface area contributed by atoms with Crippen LogP contribution in [0, 0.1) is 6.92 Å². The van der Waals surface area contributed by atoms with Crippen molar-refractivity contribution in [3.8, 4) is 16.5 Å². The number of anilines is 1. The zero-order valence-corrected chi connectivity index (χ0v) is 14.7. The summed E-state index contributed by atoms with van der Waals surface area (Å²) in [4.78, 5) is 27.5. The molecule has 0 fully saturated rings. The average Bonchev–Trinajstić information content (AvgIpc) is 3.11. The second-order valence-corrected chi connectivity index (χ2v) is 6.80. The van der Waals surface area contributed by atoms with Crippen LogP contribution >= 0.6 is 11.3 Å². The molecule has 0 saturated heterocycles. The number of benzene rings is 1. The quantitative estimate of drug-likeness (QED) is 0.707. The lowest BCUT2D eigenvalue weighted by Gasteiger charge is -2.33. The number of carbonyl (C=O) groups excluding carboxylic acids is 1. The van der Waals surface area contributed by atoms with Gasteiger partial charge in [0.1, 0.15) is 28.2 Å². The van der Waals surface area contributed by atoms with Crippen molar-refractivity contribution in [3.63, 3.8) is 0 Å². The molecule has 0 aliphatic carbocycles. The van der Waals surface area contributed by atoms with Crippen molar-refractivity contribution < 1.29 is 9.53 Å². The molecule has 0 N–H and O–H groups in total. The van der Waals surface area contributed by atoms with Gasteiger partial charge < -0.3 is 4.74 Å². The predicted octanol–water partition coefficient (Wildman–Crippen LogP) is 3.34. The molecule has 1 aliphatic heterocycles. The van der Waals surface area contributed by atoms with Gasteiger partial charge in [-0.05, 0) is 31.5 Å². The normalized spacial score (nSPS) is 16.2. The van der Waals surface area contributed by atoms with Crippen LogP contribution in [-0.4, -0.2) is 33.5 Å². The van der Waals surface area contributed by atoms with Gasteiger partial charge >= 0.3 is 0 Å². The second kappa shape index (κ2) is 6.25. The van der Waals surface area contributed by atoms with Crippen LogP contribution in [0.5, 0.6) is 5.75 Å². The molecule has 1 aliphatic rings. The highest BCUT2D eigenvalue weighted by Crippen LogP contribution is 2.35. The van der Waals surface area contributed by atoms with Crippen LogP contribution in [0.15, 0.2) is 42.2 Å². The Morgan fingerprint density at radius 3 is 3.04 bits per heavy atom. The van der Waals surface area contributed by atoms with E-state index in [9.17, 15) is 4.79 Å². The van der Waals surface area contributed by atoms with E-state index in [-0.39, 0.29) is 12.0 Å². The third-order valence-electron chi connectivity index (χ3n) is 3.92. The summed E-state index contributed by atoms with van der Waals surface area (Å²) in [5, 5.41) is 2.45. The van der Waals surface area contributed by atoms with Crippen LogP contribution in [0.4, 0.5) is 5.69 Å². The van der Waals surface area contributed by atoms with Gasteiger partial charge in [0.25, 0.3) is 5.91 Å². The number of hydrogen-bond donors (Lipinski definition) is 0. The number of carbonyl (C=O) groups is 1. The predicted molar refractivity (Wildman–Crippen MR) is 96.1 cm³/mol. The van der Waals surface area contributed by atoms with Crippen LogP contribution in [-0.2, 0) is 0 Å².